The molecule has 1 rings (SSSR count). The van der Waals surface area contributed by atoms with Gasteiger partial charge in [-0.15, -0.1) is 0 Å². The molecule has 1 aliphatic carbocycles. The highest BCUT2D eigenvalue weighted by Crippen LogP contribution is 2.16. The standard InChI is InChI=1S/C8H16N2O.C2H6/c1-6(11)10-8-4-2-3-7(9)5-8;1-2/h7-8H,2-5,9H2,1H3,(H,10,11);1-2H3. The van der Waals surface area contributed by atoms with Crippen molar-refractivity contribution in [3.05, 3.63) is 0 Å². The van der Waals surface area contributed by atoms with Crippen molar-refractivity contribution < 1.29 is 4.79 Å². The summed E-state index contributed by atoms with van der Waals surface area (Å²) in [4.78, 5) is 10.7. The lowest BCUT2D eigenvalue weighted by molar-refractivity contribution is -0.119. The van der Waals surface area contributed by atoms with E-state index in [1.54, 1.807) is 6.92 Å². The van der Waals surface area contributed by atoms with Crippen LogP contribution in [0.2, 0.25) is 0 Å². The first-order chi connectivity index (χ1) is 6.18. The van der Waals surface area contributed by atoms with Gasteiger partial charge in [-0.1, -0.05) is 13.8 Å². The first-order valence-corrected chi connectivity index (χ1v) is 5.21. The molecule has 1 fully saturated rings. The number of carbonyl (C=O) groups excluding carboxylic acids is 1. The third-order valence-corrected chi connectivity index (χ3v) is 2.12. The summed E-state index contributed by atoms with van der Waals surface area (Å²) in [5, 5.41) is 2.89. The Morgan fingerprint density at radius 2 is 2.00 bits per heavy atom. The van der Waals surface area contributed by atoms with E-state index in [1.165, 1.54) is 0 Å². The molecule has 0 radical (unpaired) electrons. The van der Waals surface area contributed by atoms with Crippen molar-refractivity contribution in [2.75, 3.05) is 0 Å². The van der Waals surface area contributed by atoms with Gasteiger partial charge in [-0.25, -0.2) is 0 Å². The summed E-state index contributed by atoms with van der Waals surface area (Å²) in [5.41, 5.74) is 5.75. The van der Waals surface area contributed by atoms with Gasteiger partial charge in [-0.05, 0) is 25.7 Å². The molecule has 0 aromatic carbocycles. The third-order valence-electron chi connectivity index (χ3n) is 2.12. The molecular weight excluding hydrogens is 164 g/mol. The smallest absolute Gasteiger partial charge is 0.217 e. The Bertz CT molecular complexity index is 148. The molecule has 0 spiro atoms. The number of nitrogens with one attached hydrogen (secondary N) is 1. The monoisotopic (exact) mass is 186 g/mol. The molecular formula is C10H22N2O. The van der Waals surface area contributed by atoms with Crippen molar-refractivity contribution in [3.8, 4) is 0 Å². The van der Waals surface area contributed by atoms with Crippen molar-refractivity contribution >= 4 is 5.91 Å². The van der Waals surface area contributed by atoms with Crippen LogP contribution in [-0.4, -0.2) is 18.0 Å². The lowest BCUT2D eigenvalue weighted by atomic mass is 9.92. The number of nitrogens with two attached hydrogens (primary N) is 1. The van der Waals surface area contributed by atoms with Gasteiger partial charge in [0.1, 0.15) is 0 Å². The average Bonchev–Trinajstić information content (AvgIpc) is 2.06. The van der Waals surface area contributed by atoms with Gasteiger partial charge >= 0.3 is 0 Å². The predicted octanol–water partition coefficient (Wildman–Crippen LogP) is 1.42. The van der Waals surface area contributed by atoms with Gasteiger partial charge in [-0.3, -0.25) is 4.79 Å². The van der Waals surface area contributed by atoms with Crippen molar-refractivity contribution in [2.45, 2.75) is 58.5 Å². The molecule has 78 valence electrons. The van der Waals surface area contributed by atoms with Crippen LogP contribution in [0.15, 0.2) is 0 Å². The molecule has 0 aliphatic heterocycles. The molecule has 1 amide bonds. The van der Waals surface area contributed by atoms with Gasteiger partial charge in [-0.2, -0.15) is 0 Å². The van der Waals surface area contributed by atoms with Crippen LogP contribution in [0.4, 0.5) is 0 Å². The second-order valence-electron chi connectivity index (χ2n) is 3.32. The molecule has 3 nitrogen and oxygen atoms in total. The molecule has 13 heavy (non-hydrogen) atoms. The second kappa shape index (κ2) is 6.89. The summed E-state index contributed by atoms with van der Waals surface area (Å²) in [6, 6.07) is 0.622. The summed E-state index contributed by atoms with van der Waals surface area (Å²) in [6.07, 6.45) is 4.29. The fourth-order valence-electron chi connectivity index (χ4n) is 1.65. The van der Waals surface area contributed by atoms with E-state index in [0.717, 1.165) is 25.7 Å². The Balaban J connectivity index is 0.000000671. The van der Waals surface area contributed by atoms with Crippen molar-refractivity contribution in [1.29, 1.82) is 0 Å². The van der Waals surface area contributed by atoms with Gasteiger partial charge in [0.25, 0.3) is 0 Å². The van der Waals surface area contributed by atoms with Crippen LogP contribution >= 0.6 is 0 Å². The van der Waals surface area contributed by atoms with E-state index < -0.39 is 0 Å². The number of rotatable bonds is 1. The maximum Gasteiger partial charge on any atom is 0.217 e. The highest BCUT2D eigenvalue weighted by molar-refractivity contribution is 5.73. The zero-order valence-electron chi connectivity index (χ0n) is 8.97. The zero-order chi connectivity index (χ0) is 10.3. The Morgan fingerprint density at radius 1 is 1.38 bits per heavy atom. The number of hydrogen-bond acceptors (Lipinski definition) is 2. The van der Waals surface area contributed by atoms with Crippen LogP contribution in [0.5, 0.6) is 0 Å². The molecule has 1 saturated carbocycles. The second-order valence-corrected chi connectivity index (χ2v) is 3.32. The Kier molecular flexibility index (Phi) is 6.59. The van der Waals surface area contributed by atoms with E-state index in [2.05, 4.69) is 5.32 Å². The Hall–Kier alpha value is -0.570. The van der Waals surface area contributed by atoms with Crippen molar-refractivity contribution in [1.82, 2.24) is 5.32 Å². The van der Waals surface area contributed by atoms with E-state index >= 15 is 0 Å². The van der Waals surface area contributed by atoms with Crippen LogP contribution in [0, 0.1) is 0 Å². The fraction of sp³-hybridized carbons (Fsp3) is 0.900. The largest absolute Gasteiger partial charge is 0.354 e. The number of carbonyl (C=O) groups is 1. The third kappa shape index (κ3) is 5.64. The zero-order valence-corrected chi connectivity index (χ0v) is 8.97. The maximum absolute atomic E-state index is 10.7. The molecule has 2 unspecified atom stereocenters. The molecule has 0 saturated heterocycles. The van der Waals surface area contributed by atoms with E-state index in [4.69, 9.17) is 5.73 Å². The van der Waals surface area contributed by atoms with Crippen molar-refractivity contribution in [2.24, 2.45) is 5.73 Å². The van der Waals surface area contributed by atoms with Gasteiger partial charge in [0.15, 0.2) is 0 Å². The minimum Gasteiger partial charge on any atom is -0.354 e. The van der Waals surface area contributed by atoms with Gasteiger partial charge in [0.2, 0.25) is 5.91 Å². The minimum absolute atomic E-state index is 0.0594. The highest BCUT2D eigenvalue weighted by atomic mass is 16.1. The lowest BCUT2D eigenvalue weighted by Gasteiger charge is -2.26. The maximum atomic E-state index is 10.7. The summed E-state index contributed by atoms with van der Waals surface area (Å²) in [6.45, 7) is 5.56. The summed E-state index contributed by atoms with van der Waals surface area (Å²) in [7, 11) is 0. The molecule has 1 aliphatic rings. The number of amides is 1. The van der Waals surface area contributed by atoms with Crippen molar-refractivity contribution in [3.63, 3.8) is 0 Å². The van der Waals surface area contributed by atoms with Crippen LogP contribution in [0.25, 0.3) is 0 Å². The van der Waals surface area contributed by atoms with E-state index in [9.17, 15) is 4.79 Å². The molecule has 2 atom stereocenters. The molecule has 0 aromatic rings. The quantitative estimate of drug-likeness (QED) is 0.650. The van der Waals surface area contributed by atoms with Gasteiger partial charge in [0, 0.05) is 19.0 Å². The Labute approximate surface area is 81.1 Å². The van der Waals surface area contributed by atoms with Crippen LogP contribution < -0.4 is 11.1 Å². The first-order valence-electron chi connectivity index (χ1n) is 5.21. The van der Waals surface area contributed by atoms with E-state index in [1.807, 2.05) is 13.8 Å². The van der Waals surface area contributed by atoms with Gasteiger partial charge < -0.3 is 11.1 Å². The normalized spacial score (nSPS) is 27.1. The van der Waals surface area contributed by atoms with E-state index in [0.29, 0.717) is 12.1 Å². The topological polar surface area (TPSA) is 55.1 Å². The Morgan fingerprint density at radius 3 is 2.46 bits per heavy atom. The summed E-state index contributed by atoms with van der Waals surface area (Å²) in [5.74, 6) is 0.0594. The molecule has 3 N–H and O–H groups in total. The molecule has 3 heteroatoms. The first kappa shape index (κ1) is 12.4. The summed E-state index contributed by atoms with van der Waals surface area (Å²) >= 11 is 0. The van der Waals surface area contributed by atoms with Gasteiger partial charge in [0.05, 0.1) is 0 Å². The van der Waals surface area contributed by atoms with Crippen LogP contribution in [0.1, 0.15) is 46.5 Å². The lowest BCUT2D eigenvalue weighted by Crippen LogP contribution is -2.41. The average molecular weight is 186 g/mol. The van der Waals surface area contributed by atoms with Crippen LogP contribution in [-0.2, 0) is 4.79 Å². The van der Waals surface area contributed by atoms with Crippen LogP contribution in [0.3, 0.4) is 0 Å². The minimum atomic E-state index is 0.0594. The van der Waals surface area contributed by atoms with E-state index in [-0.39, 0.29) is 5.91 Å². The molecule has 0 heterocycles. The number of hydrogen-bond donors (Lipinski definition) is 2. The SMILES string of the molecule is CC.CC(=O)NC1CCCC(N)C1. The molecule has 0 aromatic heterocycles. The fourth-order valence-corrected chi connectivity index (χ4v) is 1.65. The molecule has 0 bridgehead atoms. The predicted molar refractivity (Wildman–Crippen MR) is 55.4 cm³/mol. The highest BCUT2D eigenvalue weighted by Gasteiger charge is 2.18. The summed E-state index contributed by atoms with van der Waals surface area (Å²) < 4.78 is 0.